The van der Waals surface area contributed by atoms with Gasteiger partial charge in [-0.3, -0.25) is 0 Å². The Balaban J connectivity index is 2.00. The summed E-state index contributed by atoms with van der Waals surface area (Å²) in [5, 5.41) is 1.50. The Bertz CT molecular complexity index is 782. The van der Waals surface area contributed by atoms with E-state index in [0.29, 0.717) is 0 Å². The van der Waals surface area contributed by atoms with E-state index < -0.39 is 0 Å². The largest absolute Gasteiger partial charge is 0.341 e. The highest BCUT2D eigenvalue weighted by molar-refractivity contribution is 5.93. The number of allylic oxidation sites excluding steroid dienone is 4. The Hall–Kier alpha value is -1.76. The lowest BCUT2D eigenvalue weighted by Crippen LogP contribution is -2.08. The van der Waals surface area contributed by atoms with Crippen molar-refractivity contribution in [2.75, 3.05) is 0 Å². The van der Waals surface area contributed by atoms with E-state index in [1.807, 2.05) is 0 Å². The predicted octanol–water partition coefficient (Wildman–Crippen LogP) is 6.36. The normalized spacial score (nSPS) is 18.8. The van der Waals surface area contributed by atoms with Gasteiger partial charge in [0.2, 0.25) is 0 Å². The lowest BCUT2D eigenvalue weighted by Gasteiger charge is -2.23. The first-order chi connectivity index (χ1) is 11.3. The molecule has 1 fully saturated rings. The molecule has 23 heavy (non-hydrogen) atoms. The molecule has 0 aliphatic heterocycles. The summed E-state index contributed by atoms with van der Waals surface area (Å²) >= 11 is 0. The maximum Gasteiger partial charge on any atom is 0.0523 e. The van der Waals surface area contributed by atoms with Gasteiger partial charge in [0.05, 0.1) is 5.69 Å². The van der Waals surface area contributed by atoms with E-state index in [1.165, 1.54) is 59.8 Å². The molecule has 120 valence electrons. The molecule has 2 aliphatic carbocycles. The van der Waals surface area contributed by atoms with Crippen molar-refractivity contribution in [1.29, 1.82) is 0 Å². The average molecular weight is 305 g/mol. The molecule has 2 aliphatic rings. The van der Waals surface area contributed by atoms with Gasteiger partial charge in [-0.1, -0.05) is 49.6 Å². The molecule has 1 aromatic carbocycles. The summed E-state index contributed by atoms with van der Waals surface area (Å²) in [5.41, 5.74) is 7.39. The van der Waals surface area contributed by atoms with Crippen molar-refractivity contribution >= 4 is 16.5 Å². The van der Waals surface area contributed by atoms with Crippen LogP contribution in [0.4, 0.5) is 0 Å². The van der Waals surface area contributed by atoms with E-state index in [-0.39, 0.29) is 0 Å². The number of aromatic nitrogens is 1. The molecule has 0 atom stereocenters. The molecule has 0 unspecified atom stereocenters. The highest BCUT2D eigenvalue weighted by Gasteiger charge is 2.26. The highest BCUT2D eigenvalue weighted by Crippen LogP contribution is 2.43. The Morgan fingerprint density at radius 2 is 1.96 bits per heavy atom. The highest BCUT2D eigenvalue weighted by atomic mass is 15.0. The third kappa shape index (κ3) is 2.47. The number of hydrogen-bond donors (Lipinski definition) is 0. The van der Waals surface area contributed by atoms with Crippen LogP contribution < -0.4 is 0 Å². The van der Waals surface area contributed by atoms with Gasteiger partial charge in [0.15, 0.2) is 0 Å². The Labute approximate surface area is 139 Å². The minimum absolute atomic E-state index is 0.742. The fourth-order valence-electron chi connectivity index (χ4n) is 4.56. The van der Waals surface area contributed by atoms with Crippen molar-refractivity contribution in [3.8, 4) is 0 Å². The smallest absolute Gasteiger partial charge is 0.0523 e. The summed E-state index contributed by atoms with van der Waals surface area (Å²) in [4.78, 5) is 0. The van der Waals surface area contributed by atoms with E-state index >= 15 is 0 Å². The van der Waals surface area contributed by atoms with E-state index in [4.69, 9.17) is 0 Å². The number of benzene rings is 1. The quantitative estimate of drug-likeness (QED) is 0.621. The summed E-state index contributed by atoms with van der Waals surface area (Å²) in [5.74, 6) is 0.742. The number of rotatable bonds is 3. The van der Waals surface area contributed by atoms with Crippen LogP contribution in [0.5, 0.6) is 0 Å². The summed E-state index contributed by atoms with van der Waals surface area (Å²) in [6, 6.07) is 7.05. The van der Waals surface area contributed by atoms with Crippen LogP contribution in [-0.4, -0.2) is 4.57 Å². The van der Waals surface area contributed by atoms with Crippen LogP contribution >= 0.6 is 0 Å². The Morgan fingerprint density at radius 3 is 2.65 bits per heavy atom. The third-order valence-corrected chi connectivity index (χ3v) is 5.63. The Morgan fingerprint density at radius 1 is 1.13 bits per heavy atom. The first kappa shape index (κ1) is 14.8. The van der Waals surface area contributed by atoms with Crippen molar-refractivity contribution in [2.45, 2.75) is 64.8 Å². The molecule has 0 radical (unpaired) electrons. The molecule has 2 aromatic rings. The van der Waals surface area contributed by atoms with Crippen LogP contribution in [0.3, 0.4) is 0 Å². The number of aryl methyl sites for hydroxylation is 2. The predicted molar refractivity (Wildman–Crippen MR) is 99.9 cm³/mol. The van der Waals surface area contributed by atoms with Crippen LogP contribution in [0.2, 0.25) is 0 Å². The zero-order chi connectivity index (χ0) is 15.8. The van der Waals surface area contributed by atoms with Crippen LogP contribution in [0, 0.1) is 6.92 Å². The van der Waals surface area contributed by atoms with Gasteiger partial charge in [-0.05, 0) is 61.8 Å². The zero-order valence-electron chi connectivity index (χ0n) is 14.4. The molecule has 0 N–H and O–H groups in total. The summed E-state index contributed by atoms with van der Waals surface area (Å²) < 4.78 is 2.56. The first-order valence-corrected chi connectivity index (χ1v) is 9.29. The topological polar surface area (TPSA) is 4.93 Å². The number of fused-ring (bicyclic) bond motifs is 1. The van der Waals surface area contributed by atoms with E-state index in [2.05, 4.69) is 54.8 Å². The van der Waals surface area contributed by atoms with Crippen LogP contribution in [0.15, 0.2) is 36.4 Å². The summed E-state index contributed by atoms with van der Waals surface area (Å²) in [6.07, 6.45) is 15.0. The van der Waals surface area contributed by atoms with Crippen molar-refractivity contribution in [3.63, 3.8) is 0 Å². The minimum Gasteiger partial charge on any atom is -0.341 e. The van der Waals surface area contributed by atoms with Crippen LogP contribution in [0.1, 0.15) is 68.2 Å². The first-order valence-electron chi connectivity index (χ1n) is 9.29. The second-order valence-electron chi connectivity index (χ2n) is 7.16. The molecule has 0 amide bonds. The van der Waals surface area contributed by atoms with Gasteiger partial charge in [0.1, 0.15) is 0 Å². The molecule has 1 heteroatoms. The molecule has 1 aromatic heterocycles. The van der Waals surface area contributed by atoms with Gasteiger partial charge in [-0.2, -0.15) is 0 Å². The van der Waals surface area contributed by atoms with Gasteiger partial charge < -0.3 is 4.57 Å². The average Bonchev–Trinajstić information content (AvgIpc) is 3.20. The monoisotopic (exact) mass is 305 g/mol. The van der Waals surface area contributed by atoms with Gasteiger partial charge in [-0.15, -0.1) is 0 Å². The van der Waals surface area contributed by atoms with Crippen molar-refractivity contribution in [1.82, 2.24) is 4.57 Å². The molecule has 0 spiro atoms. The summed E-state index contributed by atoms with van der Waals surface area (Å²) in [7, 11) is 0. The lowest BCUT2D eigenvalue weighted by atomic mass is 9.82. The van der Waals surface area contributed by atoms with Crippen LogP contribution in [-0.2, 0) is 6.54 Å². The van der Waals surface area contributed by atoms with Crippen molar-refractivity contribution in [2.24, 2.45) is 0 Å². The van der Waals surface area contributed by atoms with Crippen molar-refractivity contribution < 1.29 is 0 Å². The van der Waals surface area contributed by atoms with Crippen molar-refractivity contribution in [3.05, 3.63) is 53.2 Å². The van der Waals surface area contributed by atoms with Gasteiger partial charge >= 0.3 is 0 Å². The maximum atomic E-state index is 2.56. The standard InChI is InChI=1S/C22H27N/c1-3-23-20-15-16(2)13-14-19(20)21(17-9-5-4-6-10-17)22(23)18-11-7-8-12-18/h7,11-15,17H,3-6,8-10H2,1-2H3. The SMILES string of the molecule is CCn1c(C2=CCC=C2)c(C2CCCCC2)c2ccc(C)cc21. The van der Waals surface area contributed by atoms with Gasteiger partial charge in [0.25, 0.3) is 0 Å². The minimum atomic E-state index is 0.742. The second kappa shape index (κ2) is 6.03. The molecule has 4 rings (SSSR count). The molecular formula is C22H27N. The molecule has 0 bridgehead atoms. The fraction of sp³-hybridized carbons (Fsp3) is 0.455. The molecule has 1 heterocycles. The third-order valence-electron chi connectivity index (χ3n) is 5.63. The fourth-order valence-corrected chi connectivity index (χ4v) is 4.56. The molecule has 1 nitrogen and oxygen atoms in total. The maximum absolute atomic E-state index is 2.56. The summed E-state index contributed by atoms with van der Waals surface area (Å²) in [6.45, 7) is 5.55. The Kier molecular flexibility index (Phi) is 3.88. The van der Waals surface area contributed by atoms with Gasteiger partial charge in [-0.25, -0.2) is 0 Å². The zero-order valence-corrected chi connectivity index (χ0v) is 14.4. The number of hydrogen-bond acceptors (Lipinski definition) is 0. The van der Waals surface area contributed by atoms with Crippen LogP contribution in [0.25, 0.3) is 16.5 Å². The lowest BCUT2D eigenvalue weighted by molar-refractivity contribution is 0.444. The van der Waals surface area contributed by atoms with Gasteiger partial charge in [0, 0.05) is 17.4 Å². The van der Waals surface area contributed by atoms with E-state index in [9.17, 15) is 0 Å². The second-order valence-corrected chi connectivity index (χ2v) is 7.16. The molecular weight excluding hydrogens is 278 g/mol. The van der Waals surface area contributed by atoms with E-state index in [1.54, 1.807) is 5.56 Å². The molecule has 0 saturated heterocycles. The van der Waals surface area contributed by atoms with E-state index in [0.717, 1.165) is 18.9 Å². The molecule has 1 saturated carbocycles. The number of nitrogens with zero attached hydrogens (tertiary/aromatic N) is 1.